The van der Waals surface area contributed by atoms with Gasteiger partial charge >= 0.3 is 6.03 Å². The van der Waals surface area contributed by atoms with Gasteiger partial charge in [0.05, 0.1) is 12.6 Å². The molecule has 2 heterocycles. The molecule has 120 valence electrons. The second-order valence-electron chi connectivity index (χ2n) is 5.52. The molecule has 2 atom stereocenters. The summed E-state index contributed by atoms with van der Waals surface area (Å²) in [5.41, 5.74) is 1.22. The molecule has 0 aromatic carbocycles. The lowest BCUT2D eigenvalue weighted by Gasteiger charge is -2.24. The van der Waals surface area contributed by atoms with Gasteiger partial charge in [-0.2, -0.15) is 16.4 Å². The molecule has 0 bridgehead atoms. The summed E-state index contributed by atoms with van der Waals surface area (Å²) >= 11 is 1.67. The summed E-state index contributed by atoms with van der Waals surface area (Å²) in [5.74, 6) is 0. The van der Waals surface area contributed by atoms with Gasteiger partial charge in [0, 0.05) is 25.0 Å². The van der Waals surface area contributed by atoms with E-state index in [1.165, 1.54) is 5.56 Å². The average Bonchev–Trinajstić information content (AvgIpc) is 3.11. The van der Waals surface area contributed by atoms with Crippen molar-refractivity contribution >= 4 is 17.4 Å². The first-order valence-electron chi connectivity index (χ1n) is 7.26. The molecule has 6 nitrogen and oxygen atoms in total. The quantitative estimate of drug-likeness (QED) is 0.819. The van der Waals surface area contributed by atoms with Crippen molar-refractivity contribution in [2.45, 2.75) is 25.6 Å². The standard InChI is InChI=1S/C15H23N5OS/c1-12(10-20-7-4-6-17-20)18-15(21)16-9-14(19(2)3)13-5-8-22-11-13/h4-8,11-12,14H,9-10H2,1-3H3,(H2,16,18,21)/t12-,14+/m1/s1. The Bertz CT molecular complexity index is 553. The van der Waals surface area contributed by atoms with Gasteiger partial charge in [-0.05, 0) is 49.5 Å². The van der Waals surface area contributed by atoms with Crippen molar-refractivity contribution in [2.24, 2.45) is 0 Å². The van der Waals surface area contributed by atoms with Crippen molar-refractivity contribution in [3.05, 3.63) is 40.8 Å². The van der Waals surface area contributed by atoms with Crippen LogP contribution in [-0.2, 0) is 6.54 Å². The van der Waals surface area contributed by atoms with Crippen LogP contribution in [0.2, 0.25) is 0 Å². The van der Waals surface area contributed by atoms with Crippen molar-refractivity contribution in [3.63, 3.8) is 0 Å². The van der Waals surface area contributed by atoms with Crippen molar-refractivity contribution in [1.82, 2.24) is 25.3 Å². The minimum Gasteiger partial charge on any atom is -0.336 e. The number of urea groups is 1. The molecule has 0 aliphatic carbocycles. The third-order valence-electron chi connectivity index (χ3n) is 3.40. The van der Waals surface area contributed by atoms with Gasteiger partial charge in [-0.15, -0.1) is 0 Å². The first-order valence-corrected chi connectivity index (χ1v) is 8.21. The third-order valence-corrected chi connectivity index (χ3v) is 4.11. The fourth-order valence-electron chi connectivity index (χ4n) is 2.26. The molecule has 0 spiro atoms. The summed E-state index contributed by atoms with van der Waals surface area (Å²) in [6.45, 7) is 3.19. The average molecular weight is 321 g/mol. The zero-order valence-electron chi connectivity index (χ0n) is 13.2. The Labute approximate surface area is 135 Å². The Balaban J connectivity index is 1.78. The van der Waals surface area contributed by atoms with Crippen LogP contribution >= 0.6 is 11.3 Å². The van der Waals surface area contributed by atoms with Gasteiger partial charge < -0.3 is 15.5 Å². The highest BCUT2D eigenvalue weighted by atomic mass is 32.1. The lowest BCUT2D eigenvalue weighted by molar-refractivity contribution is 0.228. The van der Waals surface area contributed by atoms with E-state index in [4.69, 9.17) is 0 Å². The van der Waals surface area contributed by atoms with E-state index in [-0.39, 0.29) is 18.1 Å². The lowest BCUT2D eigenvalue weighted by Crippen LogP contribution is -2.45. The Morgan fingerprint density at radius 3 is 2.91 bits per heavy atom. The van der Waals surface area contributed by atoms with Gasteiger partial charge in [-0.3, -0.25) is 4.68 Å². The van der Waals surface area contributed by atoms with Gasteiger partial charge in [0.15, 0.2) is 0 Å². The van der Waals surface area contributed by atoms with Crippen LogP contribution in [0.1, 0.15) is 18.5 Å². The number of thiophene rings is 1. The van der Waals surface area contributed by atoms with E-state index in [9.17, 15) is 4.79 Å². The highest BCUT2D eigenvalue weighted by Gasteiger charge is 2.16. The predicted molar refractivity (Wildman–Crippen MR) is 89.0 cm³/mol. The highest BCUT2D eigenvalue weighted by Crippen LogP contribution is 2.19. The molecule has 2 N–H and O–H groups in total. The van der Waals surface area contributed by atoms with Crippen LogP contribution in [0.4, 0.5) is 4.79 Å². The van der Waals surface area contributed by atoms with Crippen molar-refractivity contribution in [2.75, 3.05) is 20.6 Å². The molecule has 22 heavy (non-hydrogen) atoms. The number of carbonyl (C=O) groups is 1. The molecule has 0 saturated heterocycles. The molecule has 2 amide bonds. The van der Waals surface area contributed by atoms with Gasteiger partial charge in [0.25, 0.3) is 0 Å². The van der Waals surface area contributed by atoms with E-state index in [2.05, 4.69) is 37.5 Å². The normalized spacial score (nSPS) is 13.8. The fourth-order valence-corrected chi connectivity index (χ4v) is 2.97. The van der Waals surface area contributed by atoms with Crippen LogP contribution in [0.25, 0.3) is 0 Å². The van der Waals surface area contributed by atoms with E-state index in [1.807, 2.05) is 33.3 Å². The molecule has 0 aliphatic rings. The maximum Gasteiger partial charge on any atom is 0.315 e. The van der Waals surface area contributed by atoms with Crippen LogP contribution in [0.3, 0.4) is 0 Å². The monoisotopic (exact) mass is 321 g/mol. The summed E-state index contributed by atoms with van der Waals surface area (Å²) < 4.78 is 1.80. The first kappa shape index (κ1) is 16.5. The van der Waals surface area contributed by atoms with Crippen molar-refractivity contribution in [1.29, 1.82) is 0 Å². The Morgan fingerprint density at radius 1 is 1.50 bits per heavy atom. The second kappa shape index (κ2) is 7.95. The summed E-state index contributed by atoms with van der Waals surface area (Å²) in [6, 6.07) is 4.00. The molecule has 0 saturated carbocycles. The number of amides is 2. The first-order chi connectivity index (χ1) is 10.6. The second-order valence-corrected chi connectivity index (χ2v) is 6.30. The van der Waals surface area contributed by atoms with Crippen LogP contribution < -0.4 is 10.6 Å². The van der Waals surface area contributed by atoms with Gasteiger partial charge in [0.1, 0.15) is 0 Å². The minimum absolute atomic E-state index is 0.0128. The number of hydrogen-bond donors (Lipinski definition) is 2. The number of nitrogens with zero attached hydrogens (tertiary/aromatic N) is 3. The topological polar surface area (TPSA) is 62.2 Å². The molecule has 0 aliphatic heterocycles. The SMILES string of the molecule is C[C@H](Cn1cccn1)NC(=O)NC[C@@H](c1ccsc1)N(C)C. The predicted octanol–water partition coefficient (Wildman–Crippen LogP) is 1.94. The van der Waals surface area contributed by atoms with Crippen LogP contribution in [0, 0.1) is 0 Å². The summed E-state index contributed by atoms with van der Waals surface area (Å²) in [5, 5.41) is 14.2. The van der Waals surface area contributed by atoms with Gasteiger partial charge in [-0.1, -0.05) is 0 Å². The third kappa shape index (κ3) is 4.85. The number of carbonyl (C=O) groups excluding carboxylic acids is 1. The molecule has 0 radical (unpaired) electrons. The Kier molecular flexibility index (Phi) is 5.97. The molecule has 7 heteroatoms. The number of likely N-dealkylation sites (N-methyl/N-ethyl adjacent to an activating group) is 1. The fraction of sp³-hybridized carbons (Fsp3) is 0.467. The molecule has 2 aromatic rings. The van der Waals surface area contributed by atoms with Crippen LogP contribution in [0.15, 0.2) is 35.3 Å². The van der Waals surface area contributed by atoms with Gasteiger partial charge in [-0.25, -0.2) is 4.79 Å². The van der Waals surface area contributed by atoms with Crippen LogP contribution in [-0.4, -0.2) is 47.4 Å². The smallest absolute Gasteiger partial charge is 0.315 e. The molecular weight excluding hydrogens is 298 g/mol. The molecule has 2 aromatic heterocycles. The largest absolute Gasteiger partial charge is 0.336 e. The van der Waals surface area contributed by atoms with E-state index in [0.29, 0.717) is 13.1 Å². The molecule has 2 rings (SSSR count). The maximum atomic E-state index is 12.0. The van der Waals surface area contributed by atoms with Crippen molar-refractivity contribution in [3.8, 4) is 0 Å². The lowest BCUT2D eigenvalue weighted by atomic mass is 10.1. The Hall–Kier alpha value is -1.86. The summed E-state index contributed by atoms with van der Waals surface area (Å²) in [6.07, 6.45) is 3.62. The summed E-state index contributed by atoms with van der Waals surface area (Å²) in [4.78, 5) is 14.1. The molecular formula is C15H23N5OS. The maximum absolute atomic E-state index is 12.0. The van der Waals surface area contributed by atoms with Crippen molar-refractivity contribution < 1.29 is 4.79 Å². The van der Waals surface area contributed by atoms with Crippen LogP contribution in [0.5, 0.6) is 0 Å². The Morgan fingerprint density at radius 2 is 2.32 bits per heavy atom. The zero-order valence-corrected chi connectivity index (χ0v) is 14.0. The number of rotatable bonds is 7. The number of hydrogen-bond acceptors (Lipinski definition) is 4. The van der Waals surface area contributed by atoms with E-state index in [0.717, 1.165) is 0 Å². The number of nitrogens with one attached hydrogen (secondary N) is 2. The number of aromatic nitrogens is 2. The van der Waals surface area contributed by atoms with Gasteiger partial charge in [0.2, 0.25) is 0 Å². The highest BCUT2D eigenvalue weighted by molar-refractivity contribution is 7.07. The van der Waals surface area contributed by atoms with E-state index < -0.39 is 0 Å². The van der Waals surface area contributed by atoms with E-state index in [1.54, 1.807) is 22.2 Å². The molecule has 0 fully saturated rings. The molecule has 0 unspecified atom stereocenters. The zero-order chi connectivity index (χ0) is 15.9. The minimum atomic E-state index is -0.151. The van der Waals surface area contributed by atoms with E-state index >= 15 is 0 Å². The summed E-state index contributed by atoms with van der Waals surface area (Å²) in [7, 11) is 4.03.